The van der Waals surface area contributed by atoms with Gasteiger partial charge in [-0.15, -0.1) is 0 Å². The number of rotatable bonds is 4. The van der Waals surface area contributed by atoms with Gasteiger partial charge in [0, 0.05) is 17.2 Å². The van der Waals surface area contributed by atoms with Crippen molar-refractivity contribution in [2.45, 2.75) is 13.3 Å². The van der Waals surface area contributed by atoms with Gasteiger partial charge in [0.25, 0.3) is 0 Å². The standard InChI is InChI=1S/C15H15BrN4/c1-10-6-12(16)8-18-15(10)17-5-4-11-2-3-13-14(7-11)20-9-19-13/h2-3,6-9H,4-5H2,1H3,(H,17,18)(H,19,20). The summed E-state index contributed by atoms with van der Waals surface area (Å²) in [6.45, 7) is 2.91. The predicted octanol–water partition coefficient (Wildman–Crippen LogP) is 3.68. The van der Waals surface area contributed by atoms with E-state index >= 15 is 0 Å². The number of nitrogens with one attached hydrogen (secondary N) is 2. The smallest absolute Gasteiger partial charge is 0.128 e. The molecule has 3 aromatic rings. The van der Waals surface area contributed by atoms with E-state index in [4.69, 9.17) is 0 Å². The largest absolute Gasteiger partial charge is 0.370 e. The molecular formula is C15H15BrN4. The van der Waals surface area contributed by atoms with Crippen LogP contribution in [0.5, 0.6) is 0 Å². The molecule has 0 unspecified atom stereocenters. The van der Waals surface area contributed by atoms with E-state index in [2.05, 4.69) is 61.3 Å². The van der Waals surface area contributed by atoms with Crippen molar-refractivity contribution in [2.75, 3.05) is 11.9 Å². The molecule has 1 aromatic carbocycles. The Labute approximate surface area is 125 Å². The highest BCUT2D eigenvalue weighted by Gasteiger charge is 2.01. The first kappa shape index (κ1) is 13.1. The van der Waals surface area contributed by atoms with Crippen LogP contribution >= 0.6 is 15.9 Å². The third kappa shape index (κ3) is 2.82. The Hall–Kier alpha value is -1.88. The van der Waals surface area contributed by atoms with Gasteiger partial charge in [-0.05, 0) is 58.6 Å². The Morgan fingerprint density at radius 2 is 2.15 bits per heavy atom. The van der Waals surface area contributed by atoms with Crippen LogP contribution in [-0.4, -0.2) is 21.5 Å². The van der Waals surface area contributed by atoms with Crippen LogP contribution in [0.3, 0.4) is 0 Å². The Morgan fingerprint density at radius 3 is 3.00 bits per heavy atom. The first-order chi connectivity index (χ1) is 9.72. The molecule has 0 aliphatic carbocycles. The van der Waals surface area contributed by atoms with Crippen molar-refractivity contribution in [3.8, 4) is 0 Å². The Balaban J connectivity index is 1.64. The van der Waals surface area contributed by atoms with Crippen LogP contribution in [0.2, 0.25) is 0 Å². The molecule has 0 atom stereocenters. The van der Waals surface area contributed by atoms with Crippen molar-refractivity contribution in [1.29, 1.82) is 0 Å². The third-order valence-electron chi connectivity index (χ3n) is 3.24. The molecule has 3 rings (SSSR count). The second-order valence-electron chi connectivity index (χ2n) is 4.75. The summed E-state index contributed by atoms with van der Waals surface area (Å²) in [7, 11) is 0. The average Bonchev–Trinajstić information content (AvgIpc) is 2.89. The van der Waals surface area contributed by atoms with Gasteiger partial charge in [0.05, 0.1) is 17.4 Å². The fourth-order valence-electron chi connectivity index (χ4n) is 2.19. The fraction of sp³-hybridized carbons (Fsp3) is 0.200. The molecule has 2 N–H and O–H groups in total. The summed E-state index contributed by atoms with van der Waals surface area (Å²) in [5.74, 6) is 0.941. The summed E-state index contributed by atoms with van der Waals surface area (Å²) in [6.07, 6.45) is 4.49. The number of aryl methyl sites for hydroxylation is 1. The molecule has 4 nitrogen and oxygen atoms in total. The number of H-pyrrole nitrogens is 1. The number of hydrogen-bond donors (Lipinski definition) is 2. The molecule has 0 saturated heterocycles. The van der Waals surface area contributed by atoms with Crippen molar-refractivity contribution in [1.82, 2.24) is 15.0 Å². The number of imidazole rings is 1. The first-order valence-corrected chi connectivity index (χ1v) is 7.30. The minimum absolute atomic E-state index is 0.856. The monoisotopic (exact) mass is 330 g/mol. The summed E-state index contributed by atoms with van der Waals surface area (Å²) in [6, 6.07) is 8.37. The summed E-state index contributed by atoms with van der Waals surface area (Å²) in [5, 5.41) is 3.37. The SMILES string of the molecule is Cc1cc(Br)cnc1NCCc1ccc2nc[nH]c2c1. The van der Waals surface area contributed by atoms with Crippen LogP contribution in [0.15, 0.2) is 41.3 Å². The Bertz CT molecular complexity index is 736. The van der Waals surface area contributed by atoms with Crippen LogP contribution in [0, 0.1) is 6.92 Å². The summed E-state index contributed by atoms with van der Waals surface area (Å²) >= 11 is 3.42. The van der Waals surface area contributed by atoms with Crippen molar-refractivity contribution >= 4 is 32.8 Å². The van der Waals surface area contributed by atoms with Crippen molar-refractivity contribution < 1.29 is 0 Å². The number of hydrogen-bond acceptors (Lipinski definition) is 3. The molecular weight excluding hydrogens is 316 g/mol. The lowest BCUT2D eigenvalue weighted by molar-refractivity contribution is 1.00. The molecule has 0 aliphatic rings. The van der Waals surface area contributed by atoms with E-state index in [1.54, 1.807) is 6.33 Å². The number of fused-ring (bicyclic) bond motifs is 1. The molecule has 20 heavy (non-hydrogen) atoms. The molecule has 2 heterocycles. The Kier molecular flexibility index (Phi) is 3.69. The number of anilines is 1. The van der Waals surface area contributed by atoms with Crippen molar-refractivity contribution in [3.63, 3.8) is 0 Å². The van der Waals surface area contributed by atoms with E-state index in [-0.39, 0.29) is 0 Å². The Morgan fingerprint density at radius 1 is 1.25 bits per heavy atom. The number of halogens is 1. The molecule has 102 valence electrons. The maximum absolute atomic E-state index is 4.38. The summed E-state index contributed by atoms with van der Waals surface area (Å²) in [4.78, 5) is 11.7. The second-order valence-corrected chi connectivity index (χ2v) is 5.67. The first-order valence-electron chi connectivity index (χ1n) is 6.50. The number of aromatic nitrogens is 3. The highest BCUT2D eigenvalue weighted by Crippen LogP contribution is 2.17. The highest BCUT2D eigenvalue weighted by molar-refractivity contribution is 9.10. The second kappa shape index (κ2) is 5.63. The van der Waals surface area contributed by atoms with E-state index in [9.17, 15) is 0 Å². The number of nitrogens with zero attached hydrogens (tertiary/aromatic N) is 2. The molecule has 0 spiro atoms. The maximum atomic E-state index is 4.38. The van der Waals surface area contributed by atoms with E-state index in [1.165, 1.54) is 5.56 Å². The van der Waals surface area contributed by atoms with E-state index in [0.717, 1.165) is 39.9 Å². The van der Waals surface area contributed by atoms with Gasteiger partial charge in [-0.25, -0.2) is 9.97 Å². The summed E-state index contributed by atoms with van der Waals surface area (Å²) < 4.78 is 1.00. The van der Waals surface area contributed by atoms with Crippen LogP contribution in [0.4, 0.5) is 5.82 Å². The zero-order valence-electron chi connectivity index (χ0n) is 11.2. The molecule has 0 saturated carbocycles. The van der Waals surface area contributed by atoms with Gasteiger partial charge >= 0.3 is 0 Å². The van der Waals surface area contributed by atoms with E-state index in [0.29, 0.717) is 0 Å². The molecule has 0 fully saturated rings. The zero-order chi connectivity index (χ0) is 13.9. The minimum Gasteiger partial charge on any atom is -0.370 e. The highest BCUT2D eigenvalue weighted by atomic mass is 79.9. The number of pyridine rings is 1. The summed E-state index contributed by atoms with van der Waals surface area (Å²) in [5.41, 5.74) is 4.51. The van der Waals surface area contributed by atoms with Gasteiger partial charge in [-0.1, -0.05) is 6.07 Å². The van der Waals surface area contributed by atoms with Crippen LogP contribution < -0.4 is 5.32 Å². The molecule has 0 radical (unpaired) electrons. The number of aromatic amines is 1. The predicted molar refractivity (Wildman–Crippen MR) is 85.0 cm³/mol. The van der Waals surface area contributed by atoms with Crippen LogP contribution in [0.1, 0.15) is 11.1 Å². The van der Waals surface area contributed by atoms with Gasteiger partial charge in [0.1, 0.15) is 5.82 Å². The lowest BCUT2D eigenvalue weighted by atomic mass is 10.1. The lowest BCUT2D eigenvalue weighted by Crippen LogP contribution is -2.07. The maximum Gasteiger partial charge on any atom is 0.128 e. The normalized spacial score (nSPS) is 10.9. The van der Waals surface area contributed by atoms with Gasteiger partial charge in [-0.2, -0.15) is 0 Å². The molecule has 0 bridgehead atoms. The van der Waals surface area contributed by atoms with Gasteiger partial charge in [0.15, 0.2) is 0 Å². The molecule has 0 aliphatic heterocycles. The van der Waals surface area contributed by atoms with E-state index < -0.39 is 0 Å². The van der Waals surface area contributed by atoms with Crippen LogP contribution in [0.25, 0.3) is 11.0 Å². The van der Waals surface area contributed by atoms with Gasteiger partial charge in [0.2, 0.25) is 0 Å². The zero-order valence-corrected chi connectivity index (χ0v) is 12.7. The quantitative estimate of drug-likeness (QED) is 0.767. The molecule has 5 heteroatoms. The van der Waals surface area contributed by atoms with Crippen LogP contribution in [-0.2, 0) is 6.42 Å². The average molecular weight is 331 g/mol. The fourth-order valence-corrected chi connectivity index (χ4v) is 2.63. The third-order valence-corrected chi connectivity index (χ3v) is 3.67. The molecule has 2 aromatic heterocycles. The van der Waals surface area contributed by atoms with Crippen molar-refractivity contribution in [3.05, 3.63) is 52.4 Å². The van der Waals surface area contributed by atoms with Gasteiger partial charge < -0.3 is 10.3 Å². The van der Waals surface area contributed by atoms with Crippen molar-refractivity contribution in [2.24, 2.45) is 0 Å². The minimum atomic E-state index is 0.856. The lowest BCUT2D eigenvalue weighted by Gasteiger charge is -2.08. The molecule has 0 amide bonds. The topological polar surface area (TPSA) is 53.6 Å². The number of benzene rings is 1. The van der Waals surface area contributed by atoms with E-state index in [1.807, 2.05) is 12.3 Å². The van der Waals surface area contributed by atoms with Gasteiger partial charge in [-0.3, -0.25) is 0 Å².